The van der Waals surface area contributed by atoms with Crippen LogP contribution in [0.5, 0.6) is 0 Å². The molecule has 1 aliphatic rings. The van der Waals surface area contributed by atoms with Gasteiger partial charge in [0.05, 0.1) is 20.3 Å². The molecule has 1 fully saturated rings. The van der Waals surface area contributed by atoms with Crippen LogP contribution in [0.25, 0.3) is 6.08 Å². The highest BCUT2D eigenvalue weighted by molar-refractivity contribution is 5.94. The summed E-state index contributed by atoms with van der Waals surface area (Å²) in [5, 5.41) is 2.71. The summed E-state index contributed by atoms with van der Waals surface area (Å²) < 4.78 is 10.1. The number of morpholine rings is 1. The number of esters is 1. The molecule has 1 aliphatic heterocycles. The Labute approximate surface area is 155 Å². The van der Waals surface area contributed by atoms with Crippen LogP contribution in [0.15, 0.2) is 30.3 Å². The summed E-state index contributed by atoms with van der Waals surface area (Å²) in [6.45, 7) is 7.27. The molecule has 0 aliphatic carbocycles. The summed E-state index contributed by atoms with van der Waals surface area (Å²) in [4.78, 5) is 26.2. The first-order valence-corrected chi connectivity index (χ1v) is 8.98. The average Bonchev–Trinajstić information content (AvgIpc) is 2.66. The van der Waals surface area contributed by atoms with Gasteiger partial charge in [-0.3, -0.25) is 4.79 Å². The van der Waals surface area contributed by atoms with Gasteiger partial charge in [-0.05, 0) is 36.1 Å². The number of carbonyl (C=O) groups excluding carboxylic acids is 2. The maximum absolute atomic E-state index is 12.1. The lowest BCUT2D eigenvalue weighted by Gasteiger charge is -2.28. The lowest BCUT2D eigenvalue weighted by atomic mass is 10.0. The van der Waals surface area contributed by atoms with Gasteiger partial charge in [-0.2, -0.15) is 0 Å². The van der Waals surface area contributed by atoms with E-state index in [0.29, 0.717) is 6.42 Å². The number of methoxy groups -OCH3 is 1. The Morgan fingerprint density at radius 2 is 1.88 bits per heavy atom. The number of ether oxygens (including phenoxy) is 2. The fraction of sp³-hybridized carbons (Fsp3) is 0.500. The number of anilines is 1. The van der Waals surface area contributed by atoms with Crippen LogP contribution in [0.3, 0.4) is 0 Å². The van der Waals surface area contributed by atoms with Crippen LogP contribution in [-0.2, 0) is 19.1 Å². The van der Waals surface area contributed by atoms with Gasteiger partial charge in [0.15, 0.2) is 0 Å². The molecule has 0 spiro atoms. The van der Waals surface area contributed by atoms with Gasteiger partial charge in [0.1, 0.15) is 6.04 Å². The number of nitrogens with one attached hydrogen (secondary N) is 1. The molecule has 2 rings (SSSR count). The van der Waals surface area contributed by atoms with Crippen LogP contribution in [-0.4, -0.2) is 51.3 Å². The number of benzene rings is 1. The average molecular weight is 360 g/mol. The molecule has 0 saturated carbocycles. The fourth-order valence-electron chi connectivity index (χ4n) is 2.84. The van der Waals surface area contributed by atoms with Crippen LogP contribution in [0.1, 0.15) is 25.8 Å². The molecule has 1 N–H and O–H groups in total. The maximum atomic E-state index is 12.1. The molecular weight excluding hydrogens is 332 g/mol. The molecule has 0 radical (unpaired) electrons. The van der Waals surface area contributed by atoms with Crippen LogP contribution < -0.4 is 10.2 Å². The zero-order valence-corrected chi connectivity index (χ0v) is 15.7. The Bertz CT molecular complexity index is 619. The van der Waals surface area contributed by atoms with E-state index >= 15 is 0 Å². The van der Waals surface area contributed by atoms with Gasteiger partial charge in [-0.1, -0.05) is 26.0 Å². The van der Waals surface area contributed by atoms with Crippen molar-refractivity contribution in [2.75, 3.05) is 38.3 Å². The maximum Gasteiger partial charge on any atom is 0.328 e. The van der Waals surface area contributed by atoms with E-state index < -0.39 is 12.0 Å². The molecule has 1 saturated heterocycles. The van der Waals surface area contributed by atoms with Gasteiger partial charge >= 0.3 is 5.97 Å². The minimum absolute atomic E-state index is 0.274. The zero-order valence-electron chi connectivity index (χ0n) is 15.7. The van der Waals surface area contributed by atoms with Crippen LogP contribution in [0.4, 0.5) is 5.69 Å². The predicted molar refractivity (Wildman–Crippen MR) is 102 cm³/mol. The molecule has 6 heteroatoms. The Kier molecular flexibility index (Phi) is 7.66. The third-order valence-corrected chi connectivity index (χ3v) is 4.21. The molecule has 1 aromatic rings. The topological polar surface area (TPSA) is 67.9 Å². The minimum atomic E-state index is -0.624. The number of carbonyl (C=O) groups is 2. The van der Waals surface area contributed by atoms with Gasteiger partial charge in [-0.15, -0.1) is 0 Å². The van der Waals surface area contributed by atoms with Gasteiger partial charge in [0, 0.05) is 24.9 Å². The molecule has 1 atom stereocenters. The van der Waals surface area contributed by atoms with Crippen molar-refractivity contribution in [1.29, 1.82) is 0 Å². The van der Waals surface area contributed by atoms with Crippen molar-refractivity contribution in [2.24, 2.45) is 5.92 Å². The molecular formula is C20H28N2O4. The standard InChI is InChI=1S/C20H28N2O4/c1-15(2)14-18(20(24)25-3)21-19(23)9-6-16-4-7-17(8-5-16)22-10-12-26-13-11-22/h4-9,15,18H,10-14H2,1-3H3,(H,21,23)/b9-6+. The molecule has 0 bridgehead atoms. The molecule has 26 heavy (non-hydrogen) atoms. The third-order valence-electron chi connectivity index (χ3n) is 4.21. The van der Waals surface area contributed by atoms with Gasteiger partial charge in [-0.25, -0.2) is 4.79 Å². The Balaban J connectivity index is 1.92. The number of nitrogens with zero attached hydrogens (tertiary/aromatic N) is 1. The Morgan fingerprint density at radius 1 is 1.23 bits per heavy atom. The van der Waals surface area contributed by atoms with Crippen molar-refractivity contribution >= 4 is 23.6 Å². The largest absolute Gasteiger partial charge is 0.467 e. The monoisotopic (exact) mass is 360 g/mol. The number of hydrogen-bond donors (Lipinski definition) is 1. The first kappa shape index (κ1) is 20.0. The summed E-state index contributed by atoms with van der Waals surface area (Å²) in [6.07, 6.45) is 3.72. The zero-order chi connectivity index (χ0) is 18.9. The van der Waals surface area contributed by atoms with Crippen molar-refractivity contribution in [3.8, 4) is 0 Å². The van der Waals surface area contributed by atoms with Gasteiger partial charge in [0.25, 0.3) is 0 Å². The lowest BCUT2D eigenvalue weighted by molar-refractivity contribution is -0.145. The first-order valence-electron chi connectivity index (χ1n) is 8.98. The molecule has 1 aromatic carbocycles. The minimum Gasteiger partial charge on any atom is -0.467 e. The second-order valence-electron chi connectivity index (χ2n) is 6.74. The van der Waals surface area contributed by atoms with Crippen LogP contribution in [0, 0.1) is 5.92 Å². The van der Waals surface area contributed by atoms with Crippen LogP contribution >= 0.6 is 0 Å². The van der Waals surface area contributed by atoms with Crippen molar-refractivity contribution in [3.05, 3.63) is 35.9 Å². The predicted octanol–water partition coefficient (Wildman–Crippen LogP) is 2.24. The molecule has 1 amide bonds. The highest BCUT2D eigenvalue weighted by Gasteiger charge is 2.21. The Hall–Kier alpha value is -2.34. The highest BCUT2D eigenvalue weighted by Crippen LogP contribution is 2.17. The van der Waals surface area contributed by atoms with Crippen molar-refractivity contribution in [2.45, 2.75) is 26.3 Å². The van der Waals surface area contributed by atoms with Crippen molar-refractivity contribution in [3.63, 3.8) is 0 Å². The fourth-order valence-corrected chi connectivity index (χ4v) is 2.84. The second kappa shape index (κ2) is 9.97. The molecule has 1 unspecified atom stereocenters. The van der Waals surface area contributed by atoms with E-state index in [4.69, 9.17) is 9.47 Å². The van der Waals surface area contributed by atoms with E-state index in [-0.39, 0.29) is 11.8 Å². The number of rotatable bonds is 7. The second-order valence-corrected chi connectivity index (χ2v) is 6.74. The summed E-state index contributed by atoms with van der Waals surface area (Å²) in [6, 6.07) is 7.40. The Morgan fingerprint density at radius 3 is 2.46 bits per heavy atom. The normalized spacial score (nSPS) is 15.9. The van der Waals surface area contributed by atoms with E-state index in [1.807, 2.05) is 38.1 Å². The van der Waals surface area contributed by atoms with E-state index in [9.17, 15) is 9.59 Å². The van der Waals surface area contributed by atoms with Crippen molar-refractivity contribution in [1.82, 2.24) is 5.32 Å². The third kappa shape index (κ3) is 6.19. The smallest absolute Gasteiger partial charge is 0.328 e. The summed E-state index contributed by atoms with van der Waals surface area (Å²) in [5.74, 6) is -0.454. The quantitative estimate of drug-likeness (QED) is 0.597. The van der Waals surface area contributed by atoms with Gasteiger partial charge < -0.3 is 19.7 Å². The molecule has 0 aromatic heterocycles. The van der Waals surface area contributed by atoms with E-state index in [1.165, 1.54) is 13.2 Å². The number of amides is 1. The summed E-state index contributed by atoms with van der Waals surface area (Å²) in [7, 11) is 1.33. The first-order chi connectivity index (χ1) is 12.5. The summed E-state index contributed by atoms with van der Waals surface area (Å²) in [5.41, 5.74) is 2.08. The number of hydrogen-bond acceptors (Lipinski definition) is 5. The van der Waals surface area contributed by atoms with Crippen LogP contribution in [0.2, 0.25) is 0 Å². The lowest BCUT2D eigenvalue weighted by Crippen LogP contribution is -2.41. The van der Waals surface area contributed by atoms with Gasteiger partial charge in [0.2, 0.25) is 5.91 Å². The molecule has 1 heterocycles. The van der Waals surface area contributed by atoms with E-state index in [1.54, 1.807) is 6.08 Å². The molecule has 6 nitrogen and oxygen atoms in total. The van der Waals surface area contributed by atoms with Crippen molar-refractivity contribution < 1.29 is 19.1 Å². The SMILES string of the molecule is COC(=O)C(CC(C)C)NC(=O)/C=C/c1ccc(N2CCOCC2)cc1. The molecule has 142 valence electrons. The van der Waals surface area contributed by atoms with E-state index in [0.717, 1.165) is 37.6 Å². The van der Waals surface area contributed by atoms with E-state index in [2.05, 4.69) is 10.2 Å². The highest BCUT2D eigenvalue weighted by atomic mass is 16.5. The summed E-state index contributed by atoms with van der Waals surface area (Å²) >= 11 is 0.